The van der Waals surface area contributed by atoms with Crippen molar-refractivity contribution < 1.29 is 0 Å². The van der Waals surface area contributed by atoms with Gasteiger partial charge in [-0.1, -0.05) is 11.6 Å². The van der Waals surface area contributed by atoms with E-state index in [2.05, 4.69) is 9.97 Å². The van der Waals surface area contributed by atoms with E-state index in [0.29, 0.717) is 5.15 Å². The summed E-state index contributed by atoms with van der Waals surface area (Å²) in [6.45, 7) is 0. The Bertz CT molecular complexity index is 387. The van der Waals surface area contributed by atoms with Crippen molar-refractivity contribution in [2.24, 2.45) is 0 Å². The van der Waals surface area contributed by atoms with Crippen LogP contribution in [0.2, 0.25) is 5.15 Å². The summed E-state index contributed by atoms with van der Waals surface area (Å²) < 4.78 is 0. The van der Waals surface area contributed by atoms with Crippen molar-refractivity contribution in [3.8, 4) is 0 Å². The quantitative estimate of drug-likeness (QED) is 0.559. The first-order valence-corrected chi connectivity index (χ1v) is 3.59. The van der Waals surface area contributed by atoms with Crippen molar-refractivity contribution in [3.63, 3.8) is 0 Å². The summed E-state index contributed by atoms with van der Waals surface area (Å²) in [6.07, 6.45) is 5.24. The molecule has 0 spiro atoms. The molecule has 2 nitrogen and oxygen atoms in total. The predicted molar refractivity (Wildman–Crippen MR) is 44.5 cm³/mol. The Morgan fingerprint density at radius 2 is 2.09 bits per heavy atom. The van der Waals surface area contributed by atoms with E-state index < -0.39 is 0 Å². The summed E-state index contributed by atoms with van der Waals surface area (Å²) in [5.74, 6) is 0. The number of aromatic nitrogens is 2. The molecule has 0 amide bonds. The molecule has 0 aromatic carbocycles. The number of rotatable bonds is 0. The molecule has 0 N–H and O–H groups in total. The van der Waals surface area contributed by atoms with Gasteiger partial charge in [0.2, 0.25) is 0 Å². The Morgan fingerprint density at radius 3 is 3.00 bits per heavy atom. The molecule has 2 heterocycles. The van der Waals surface area contributed by atoms with Gasteiger partial charge in [-0.2, -0.15) is 0 Å². The van der Waals surface area contributed by atoms with Crippen LogP contribution < -0.4 is 0 Å². The molecule has 0 aliphatic heterocycles. The molecular weight excluding hydrogens is 160 g/mol. The fourth-order valence-corrected chi connectivity index (χ4v) is 1.12. The third-order valence-electron chi connectivity index (χ3n) is 1.49. The van der Waals surface area contributed by atoms with Crippen LogP contribution >= 0.6 is 11.6 Å². The van der Waals surface area contributed by atoms with Crippen LogP contribution in [0, 0.1) is 0 Å². The molecule has 11 heavy (non-hydrogen) atoms. The number of fused-ring (bicyclic) bond motifs is 1. The van der Waals surface area contributed by atoms with Crippen LogP contribution in [0.5, 0.6) is 0 Å². The summed E-state index contributed by atoms with van der Waals surface area (Å²) in [5.41, 5.74) is 0. The zero-order valence-electron chi connectivity index (χ0n) is 5.66. The first-order chi connectivity index (χ1) is 5.36. The van der Waals surface area contributed by atoms with Gasteiger partial charge in [0.1, 0.15) is 5.15 Å². The average Bonchev–Trinajstić information content (AvgIpc) is 2.04. The van der Waals surface area contributed by atoms with Crippen LogP contribution in [0.4, 0.5) is 0 Å². The van der Waals surface area contributed by atoms with Gasteiger partial charge >= 0.3 is 0 Å². The van der Waals surface area contributed by atoms with E-state index in [9.17, 15) is 0 Å². The third kappa shape index (κ3) is 1.17. The fourth-order valence-electron chi connectivity index (χ4n) is 0.952. The molecule has 0 aliphatic rings. The van der Waals surface area contributed by atoms with Gasteiger partial charge in [-0.05, 0) is 12.1 Å². The maximum absolute atomic E-state index is 5.68. The zero-order chi connectivity index (χ0) is 7.68. The molecule has 2 aromatic heterocycles. The summed E-state index contributed by atoms with van der Waals surface area (Å²) in [6, 6.07) is 3.70. The molecule has 0 unspecified atom stereocenters. The molecule has 0 atom stereocenters. The standard InChI is InChI=1S/C8H5ClN2/c9-8-3-7-4-10-2-1-6(7)5-11-8/h1-5H. The highest BCUT2D eigenvalue weighted by molar-refractivity contribution is 6.30. The van der Waals surface area contributed by atoms with Gasteiger partial charge in [0.05, 0.1) is 0 Å². The minimum absolute atomic E-state index is 0.505. The topological polar surface area (TPSA) is 25.8 Å². The maximum Gasteiger partial charge on any atom is 0.129 e. The second kappa shape index (κ2) is 2.47. The molecule has 0 fully saturated rings. The van der Waals surface area contributed by atoms with Crippen LogP contribution in [-0.4, -0.2) is 9.97 Å². The van der Waals surface area contributed by atoms with Gasteiger partial charge in [0.15, 0.2) is 0 Å². The van der Waals surface area contributed by atoms with E-state index in [1.807, 2.05) is 6.07 Å². The second-order valence-corrected chi connectivity index (χ2v) is 2.62. The van der Waals surface area contributed by atoms with Crippen molar-refractivity contribution in [2.45, 2.75) is 0 Å². The lowest BCUT2D eigenvalue weighted by Crippen LogP contribution is -1.77. The number of halogens is 1. The van der Waals surface area contributed by atoms with Crippen LogP contribution in [0.15, 0.2) is 30.7 Å². The van der Waals surface area contributed by atoms with E-state index in [0.717, 1.165) is 10.8 Å². The average molecular weight is 165 g/mol. The van der Waals surface area contributed by atoms with Crippen LogP contribution in [0.3, 0.4) is 0 Å². The smallest absolute Gasteiger partial charge is 0.129 e. The lowest BCUT2D eigenvalue weighted by molar-refractivity contribution is 1.32. The third-order valence-corrected chi connectivity index (χ3v) is 1.70. The van der Waals surface area contributed by atoms with E-state index in [4.69, 9.17) is 11.6 Å². The first-order valence-electron chi connectivity index (χ1n) is 3.21. The molecule has 0 saturated heterocycles. The minimum Gasteiger partial charge on any atom is -0.264 e. The first kappa shape index (κ1) is 6.55. The SMILES string of the molecule is Clc1cc2cnccc2cn1. The van der Waals surface area contributed by atoms with Crippen LogP contribution in [0.25, 0.3) is 10.8 Å². The number of nitrogens with zero attached hydrogens (tertiary/aromatic N) is 2. The normalized spacial score (nSPS) is 10.3. The van der Waals surface area contributed by atoms with Crippen molar-refractivity contribution in [1.29, 1.82) is 0 Å². The van der Waals surface area contributed by atoms with Gasteiger partial charge in [-0.25, -0.2) is 4.98 Å². The Hall–Kier alpha value is -1.15. The molecule has 3 heteroatoms. The van der Waals surface area contributed by atoms with Crippen molar-refractivity contribution >= 4 is 22.4 Å². The Kier molecular flexibility index (Phi) is 1.47. The number of hydrogen-bond acceptors (Lipinski definition) is 2. The summed E-state index contributed by atoms with van der Waals surface area (Å²) in [7, 11) is 0. The molecule has 0 bridgehead atoms. The summed E-state index contributed by atoms with van der Waals surface area (Å²) in [5, 5.41) is 2.59. The monoisotopic (exact) mass is 164 g/mol. The largest absolute Gasteiger partial charge is 0.264 e. The summed E-state index contributed by atoms with van der Waals surface area (Å²) >= 11 is 5.68. The lowest BCUT2D eigenvalue weighted by Gasteiger charge is -1.94. The molecule has 0 saturated carbocycles. The molecule has 0 aliphatic carbocycles. The highest BCUT2D eigenvalue weighted by Gasteiger charge is 1.92. The second-order valence-electron chi connectivity index (χ2n) is 2.23. The minimum atomic E-state index is 0.505. The van der Waals surface area contributed by atoms with Crippen molar-refractivity contribution in [3.05, 3.63) is 35.9 Å². The molecule has 54 valence electrons. The maximum atomic E-state index is 5.68. The van der Waals surface area contributed by atoms with Gasteiger partial charge in [0.25, 0.3) is 0 Å². The number of hydrogen-bond donors (Lipinski definition) is 0. The fraction of sp³-hybridized carbons (Fsp3) is 0. The molecule has 0 radical (unpaired) electrons. The van der Waals surface area contributed by atoms with Crippen LogP contribution in [0.1, 0.15) is 0 Å². The van der Waals surface area contributed by atoms with Gasteiger partial charge in [-0.15, -0.1) is 0 Å². The van der Waals surface area contributed by atoms with E-state index >= 15 is 0 Å². The molecule has 2 rings (SSSR count). The van der Waals surface area contributed by atoms with Gasteiger partial charge in [-0.3, -0.25) is 4.98 Å². The Balaban J connectivity index is 2.83. The zero-order valence-corrected chi connectivity index (χ0v) is 6.42. The van der Waals surface area contributed by atoms with Crippen molar-refractivity contribution in [1.82, 2.24) is 9.97 Å². The van der Waals surface area contributed by atoms with Crippen LogP contribution in [-0.2, 0) is 0 Å². The van der Waals surface area contributed by atoms with E-state index in [1.165, 1.54) is 0 Å². The lowest BCUT2D eigenvalue weighted by atomic mass is 10.2. The summed E-state index contributed by atoms with van der Waals surface area (Å²) in [4.78, 5) is 7.91. The number of pyridine rings is 2. The van der Waals surface area contributed by atoms with Gasteiger partial charge in [0, 0.05) is 29.4 Å². The van der Waals surface area contributed by atoms with E-state index in [1.54, 1.807) is 24.7 Å². The van der Waals surface area contributed by atoms with E-state index in [-0.39, 0.29) is 0 Å². The molecule has 2 aromatic rings. The Labute approximate surface area is 68.9 Å². The van der Waals surface area contributed by atoms with Gasteiger partial charge < -0.3 is 0 Å². The molecular formula is C8H5ClN2. The highest BCUT2D eigenvalue weighted by Crippen LogP contribution is 2.14. The highest BCUT2D eigenvalue weighted by atomic mass is 35.5. The van der Waals surface area contributed by atoms with Crippen molar-refractivity contribution in [2.75, 3.05) is 0 Å². The Morgan fingerprint density at radius 1 is 1.18 bits per heavy atom. The predicted octanol–water partition coefficient (Wildman–Crippen LogP) is 2.28.